The highest BCUT2D eigenvalue weighted by Gasteiger charge is 2.32. The van der Waals surface area contributed by atoms with Crippen LogP contribution in [0.5, 0.6) is 5.75 Å². The van der Waals surface area contributed by atoms with Crippen molar-refractivity contribution in [3.63, 3.8) is 0 Å². The van der Waals surface area contributed by atoms with E-state index in [0.717, 1.165) is 19.3 Å². The number of nitrogens with zero attached hydrogens (tertiary/aromatic N) is 2. The summed E-state index contributed by atoms with van der Waals surface area (Å²) in [6.45, 7) is 7.02. The van der Waals surface area contributed by atoms with Crippen LogP contribution in [0.15, 0.2) is 24.3 Å². The maximum Gasteiger partial charge on any atom is 0.410 e. The molecule has 234 valence electrons. The molecule has 2 saturated heterocycles. The van der Waals surface area contributed by atoms with E-state index >= 15 is 0 Å². The Morgan fingerprint density at radius 2 is 1.81 bits per heavy atom. The lowest BCUT2D eigenvalue weighted by Crippen LogP contribution is -2.46. The molecule has 2 fully saturated rings. The third-order valence-electron chi connectivity index (χ3n) is 7.70. The third-order valence-corrected chi connectivity index (χ3v) is 7.70. The quantitative estimate of drug-likeness (QED) is 0.379. The van der Waals surface area contributed by atoms with Crippen molar-refractivity contribution in [1.29, 1.82) is 0 Å². The van der Waals surface area contributed by atoms with Gasteiger partial charge >= 0.3 is 12.1 Å². The van der Waals surface area contributed by atoms with E-state index in [4.69, 9.17) is 14.2 Å². The summed E-state index contributed by atoms with van der Waals surface area (Å²) in [6.07, 6.45) is 3.81. The maximum absolute atomic E-state index is 13.3. The number of carbonyl (C=O) groups excluding carboxylic acids is 4. The van der Waals surface area contributed by atoms with Crippen molar-refractivity contribution >= 4 is 23.9 Å². The maximum atomic E-state index is 13.3. The number of piperidine rings is 2. The lowest BCUT2D eigenvalue weighted by molar-refractivity contribution is -0.141. The van der Waals surface area contributed by atoms with Crippen molar-refractivity contribution in [2.75, 3.05) is 46.6 Å². The van der Waals surface area contributed by atoms with Crippen molar-refractivity contribution in [2.24, 2.45) is 11.8 Å². The summed E-state index contributed by atoms with van der Waals surface area (Å²) in [4.78, 5) is 54.4. The van der Waals surface area contributed by atoms with Gasteiger partial charge in [0.05, 0.1) is 25.5 Å². The summed E-state index contributed by atoms with van der Waals surface area (Å²) in [5.41, 5.74) is 0.120. The van der Waals surface area contributed by atoms with Gasteiger partial charge in [0.15, 0.2) is 0 Å². The smallest absolute Gasteiger partial charge is 0.410 e. The fourth-order valence-electron chi connectivity index (χ4n) is 5.40. The molecule has 1 aromatic rings. The monoisotopic (exact) mass is 591 g/mol. The molecule has 2 atom stereocenters. The van der Waals surface area contributed by atoms with Crippen LogP contribution >= 0.6 is 0 Å². The average Bonchev–Trinajstić information content (AvgIpc) is 2.97. The van der Waals surface area contributed by atoms with E-state index in [9.17, 15) is 23.6 Å². The number of likely N-dealkylation sites (tertiary alicyclic amines) is 2. The number of esters is 1. The molecule has 2 heterocycles. The first-order valence-electron chi connectivity index (χ1n) is 14.9. The molecule has 1 N–H and O–H groups in total. The summed E-state index contributed by atoms with van der Waals surface area (Å²) in [7, 11) is 1.29. The Hall–Kier alpha value is -3.37. The first-order valence-corrected chi connectivity index (χ1v) is 14.9. The lowest BCUT2D eigenvalue weighted by atomic mass is 9.91. The van der Waals surface area contributed by atoms with E-state index in [1.54, 1.807) is 34.1 Å². The zero-order valence-electron chi connectivity index (χ0n) is 25.4. The number of hydrogen-bond acceptors (Lipinski definition) is 7. The SMILES string of the molecule is COC(=O)CC(NC(=O)C1CCCN(C(=O)CCC2CCN(C(=O)OC(C)(C)C)CC2)C1)c1cccc(OCCF)c1. The van der Waals surface area contributed by atoms with Gasteiger partial charge in [-0.1, -0.05) is 12.1 Å². The number of benzene rings is 1. The van der Waals surface area contributed by atoms with Gasteiger partial charge in [-0.3, -0.25) is 14.4 Å². The van der Waals surface area contributed by atoms with Crippen LogP contribution < -0.4 is 10.1 Å². The topological polar surface area (TPSA) is 114 Å². The zero-order chi connectivity index (χ0) is 30.7. The van der Waals surface area contributed by atoms with Gasteiger partial charge in [0.25, 0.3) is 0 Å². The lowest BCUT2D eigenvalue weighted by Gasteiger charge is -2.35. The van der Waals surface area contributed by atoms with Crippen LogP contribution in [0.2, 0.25) is 0 Å². The largest absolute Gasteiger partial charge is 0.491 e. The molecule has 3 rings (SSSR count). The number of methoxy groups -OCH3 is 1. The van der Waals surface area contributed by atoms with E-state index in [-0.39, 0.29) is 30.9 Å². The molecule has 0 spiro atoms. The molecule has 3 amide bonds. The van der Waals surface area contributed by atoms with Gasteiger partial charge in [-0.25, -0.2) is 9.18 Å². The minimum atomic E-state index is -0.656. The van der Waals surface area contributed by atoms with Crippen molar-refractivity contribution in [1.82, 2.24) is 15.1 Å². The molecule has 0 saturated carbocycles. The number of halogens is 1. The van der Waals surface area contributed by atoms with Crippen molar-refractivity contribution in [3.8, 4) is 5.75 Å². The summed E-state index contributed by atoms with van der Waals surface area (Å²) < 4.78 is 28.2. The predicted octanol–water partition coefficient (Wildman–Crippen LogP) is 4.42. The standard InChI is InChI=1S/C31H46FN3O7/c1-31(2,3)42-30(39)34-16-12-22(13-17-34)10-11-27(36)35-15-6-8-24(21-35)29(38)33-26(20-28(37)40-4)23-7-5-9-25(19-23)41-18-14-32/h5,7,9,19,22,24,26H,6,8,10-18,20-21H2,1-4H3,(H,33,38). The second-order valence-electron chi connectivity index (χ2n) is 12.1. The van der Waals surface area contributed by atoms with Crippen LogP contribution in [-0.4, -0.2) is 85.8 Å². The van der Waals surface area contributed by atoms with E-state index in [0.29, 0.717) is 62.7 Å². The second kappa shape index (κ2) is 15.7. The Morgan fingerprint density at radius 1 is 1.07 bits per heavy atom. The van der Waals surface area contributed by atoms with Crippen molar-refractivity contribution < 1.29 is 37.8 Å². The number of ether oxygens (including phenoxy) is 3. The molecule has 11 heteroatoms. The molecule has 0 bridgehead atoms. The number of nitrogens with one attached hydrogen (secondary N) is 1. The molecule has 1 aromatic carbocycles. The fourth-order valence-corrected chi connectivity index (χ4v) is 5.40. The number of amides is 3. The third kappa shape index (κ3) is 10.5. The van der Waals surface area contributed by atoms with E-state index < -0.39 is 30.2 Å². The Bertz CT molecular complexity index is 1070. The zero-order valence-corrected chi connectivity index (χ0v) is 25.4. The van der Waals surface area contributed by atoms with Crippen molar-refractivity contribution in [2.45, 2.75) is 77.4 Å². The van der Waals surface area contributed by atoms with Gasteiger partial charge in [0.2, 0.25) is 11.8 Å². The molecular weight excluding hydrogens is 545 g/mol. The summed E-state index contributed by atoms with van der Waals surface area (Å²) >= 11 is 0. The number of alkyl halides is 1. The van der Waals surface area contributed by atoms with E-state index in [2.05, 4.69) is 5.32 Å². The van der Waals surface area contributed by atoms with Gasteiger partial charge in [-0.2, -0.15) is 0 Å². The summed E-state index contributed by atoms with van der Waals surface area (Å²) in [5.74, 6) is -0.269. The minimum absolute atomic E-state index is 0.0332. The van der Waals surface area contributed by atoms with Gasteiger partial charge < -0.3 is 29.3 Å². The number of rotatable bonds is 11. The highest BCUT2D eigenvalue weighted by Crippen LogP contribution is 2.27. The molecular formula is C31H46FN3O7. The highest BCUT2D eigenvalue weighted by molar-refractivity contribution is 5.82. The number of carbonyl (C=O) groups is 4. The molecule has 2 aliphatic heterocycles. The van der Waals surface area contributed by atoms with Crippen molar-refractivity contribution in [3.05, 3.63) is 29.8 Å². The molecule has 0 radical (unpaired) electrons. The van der Waals surface area contributed by atoms with Crippen LogP contribution in [0.25, 0.3) is 0 Å². The van der Waals surface area contributed by atoms with Gasteiger partial charge in [-0.15, -0.1) is 0 Å². The fraction of sp³-hybridized carbons (Fsp3) is 0.677. The Morgan fingerprint density at radius 3 is 2.48 bits per heavy atom. The molecule has 0 aliphatic carbocycles. The molecule has 2 unspecified atom stereocenters. The molecule has 10 nitrogen and oxygen atoms in total. The van der Waals surface area contributed by atoms with Gasteiger partial charge in [0, 0.05) is 32.6 Å². The summed E-state index contributed by atoms with van der Waals surface area (Å²) in [5, 5.41) is 2.97. The summed E-state index contributed by atoms with van der Waals surface area (Å²) in [6, 6.07) is 6.20. The Balaban J connectivity index is 1.51. The van der Waals surface area contributed by atoms with E-state index in [1.807, 2.05) is 20.8 Å². The van der Waals surface area contributed by atoms with E-state index in [1.165, 1.54) is 7.11 Å². The van der Waals surface area contributed by atoms with Crippen LogP contribution in [-0.2, 0) is 23.9 Å². The van der Waals surface area contributed by atoms with Crippen LogP contribution in [0.1, 0.15) is 77.3 Å². The second-order valence-corrected chi connectivity index (χ2v) is 12.1. The van der Waals surface area contributed by atoms with Gasteiger partial charge in [0.1, 0.15) is 24.6 Å². The Labute approximate surface area is 248 Å². The van der Waals surface area contributed by atoms with Crippen LogP contribution in [0.4, 0.5) is 9.18 Å². The molecule has 2 aliphatic rings. The predicted molar refractivity (Wildman–Crippen MR) is 154 cm³/mol. The normalized spacial score (nSPS) is 18.6. The van der Waals surface area contributed by atoms with Crippen LogP contribution in [0.3, 0.4) is 0 Å². The minimum Gasteiger partial charge on any atom is -0.491 e. The Kier molecular flexibility index (Phi) is 12.4. The number of hydrogen-bond donors (Lipinski definition) is 1. The average molecular weight is 592 g/mol. The van der Waals surface area contributed by atoms with Crippen LogP contribution in [0, 0.1) is 11.8 Å². The molecule has 0 aromatic heterocycles. The highest BCUT2D eigenvalue weighted by atomic mass is 19.1. The first-order chi connectivity index (χ1) is 20.0. The van der Waals surface area contributed by atoms with Gasteiger partial charge in [-0.05, 0) is 76.5 Å². The molecule has 42 heavy (non-hydrogen) atoms. The first kappa shape index (κ1) is 33.1.